The molecule has 2 rings (SSSR count). The first-order valence-corrected chi connectivity index (χ1v) is 6.60. The Morgan fingerprint density at radius 3 is 2.52 bits per heavy atom. The van der Waals surface area contributed by atoms with Crippen molar-refractivity contribution in [3.05, 3.63) is 38.9 Å². The summed E-state index contributed by atoms with van der Waals surface area (Å²) in [6, 6.07) is 6.00. The van der Waals surface area contributed by atoms with Crippen molar-refractivity contribution in [2.45, 2.75) is 0 Å². The number of aromatic nitrogens is 1. The fourth-order valence-corrected chi connectivity index (χ4v) is 2.56. The second-order valence-corrected chi connectivity index (χ2v) is 4.82. The summed E-state index contributed by atoms with van der Waals surface area (Å²) in [5.41, 5.74) is 6.07. The number of nitrogens with two attached hydrogens (primary N) is 1. The molecule has 0 bridgehead atoms. The zero-order chi connectivity index (χ0) is 15.6. The normalized spacial score (nSPS) is 10.2. The van der Waals surface area contributed by atoms with Crippen LogP contribution in [-0.2, 0) is 0 Å². The predicted molar refractivity (Wildman–Crippen MR) is 81.5 cm³/mol. The third-order valence-electron chi connectivity index (χ3n) is 2.83. The monoisotopic (exact) mass is 353 g/mol. The van der Waals surface area contributed by atoms with E-state index in [1.165, 1.54) is 26.4 Å². The topological polar surface area (TPSA) is 101 Å². The number of nitrogens with zero attached hydrogens (tertiary/aromatic N) is 2. The van der Waals surface area contributed by atoms with E-state index in [1.807, 2.05) is 0 Å². The number of pyridine rings is 1. The molecule has 0 fully saturated rings. The Balaban J connectivity index is 2.75. The lowest BCUT2D eigenvalue weighted by atomic mass is 10.1. The average Bonchev–Trinajstić information content (AvgIpc) is 2.46. The van der Waals surface area contributed by atoms with E-state index in [2.05, 4.69) is 20.9 Å². The molecular formula is C13H12BrN3O4. The first-order valence-electron chi connectivity index (χ1n) is 5.81. The zero-order valence-electron chi connectivity index (χ0n) is 11.3. The number of nitrogen functional groups attached to an aromatic ring is 1. The number of rotatable bonds is 4. The van der Waals surface area contributed by atoms with Gasteiger partial charge in [-0.05, 0) is 34.1 Å². The average molecular weight is 354 g/mol. The van der Waals surface area contributed by atoms with Gasteiger partial charge in [-0.3, -0.25) is 10.1 Å². The maximum absolute atomic E-state index is 11.2. The molecule has 0 saturated carbocycles. The molecule has 0 radical (unpaired) electrons. The number of hydrogen-bond acceptors (Lipinski definition) is 6. The number of ether oxygens (including phenoxy) is 2. The molecule has 1 aromatic heterocycles. The highest BCUT2D eigenvalue weighted by molar-refractivity contribution is 9.10. The Labute approximate surface area is 129 Å². The van der Waals surface area contributed by atoms with E-state index in [0.29, 0.717) is 21.5 Å². The summed E-state index contributed by atoms with van der Waals surface area (Å²) < 4.78 is 11.0. The first kappa shape index (κ1) is 15.0. The smallest absolute Gasteiger partial charge is 0.295 e. The van der Waals surface area contributed by atoms with Crippen molar-refractivity contribution in [2.24, 2.45) is 0 Å². The van der Waals surface area contributed by atoms with Crippen molar-refractivity contribution in [3.63, 3.8) is 0 Å². The van der Waals surface area contributed by atoms with E-state index in [9.17, 15) is 10.1 Å². The summed E-state index contributed by atoms with van der Waals surface area (Å²) in [6.45, 7) is 0. The van der Waals surface area contributed by atoms with Gasteiger partial charge >= 0.3 is 0 Å². The zero-order valence-corrected chi connectivity index (χ0v) is 12.9. The van der Waals surface area contributed by atoms with Gasteiger partial charge in [-0.2, -0.15) is 0 Å². The molecule has 0 aliphatic carbocycles. The minimum absolute atomic E-state index is 0.139. The van der Waals surface area contributed by atoms with Gasteiger partial charge in [0.1, 0.15) is 21.8 Å². The molecule has 110 valence electrons. The number of benzene rings is 1. The maximum atomic E-state index is 11.2. The van der Waals surface area contributed by atoms with Crippen LogP contribution in [-0.4, -0.2) is 24.1 Å². The lowest BCUT2D eigenvalue weighted by Crippen LogP contribution is -2.00. The van der Waals surface area contributed by atoms with Crippen molar-refractivity contribution in [1.82, 2.24) is 4.98 Å². The minimum Gasteiger partial charge on any atom is -0.495 e. The van der Waals surface area contributed by atoms with Crippen molar-refractivity contribution in [3.8, 4) is 22.8 Å². The van der Waals surface area contributed by atoms with Gasteiger partial charge in [-0.25, -0.2) is 4.98 Å². The van der Waals surface area contributed by atoms with Gasteiger partial charge in [0.15, 0.2) is 5.69 Å². The van der Waals surface area contributed by atoms with E-state index < -0.39 is 4.92 Å². The molecule has 2 N–H and O–H groups in total. The molecular weight excluding hydrogens is 342 g/mol. The van der Waals surface area contributed by atoms with Crippen LogP contribution >= 0.6 is 15.9 Å². The minimum atomic E-state index is -0.515. The first-order chi connectivity index (χ1) is 9.99. The molecule has 7 nitrogen and oxygen atoms in total. The summed E-state index contributed by atoms with van der Waals surface area (Å²) in [5.74, 6) is 1.11. The van der Waals surface area contributed by atoms with Gasteiger partial charge < -0.3 is 15.2 Å². The highest BCUT2D eigenvalue weighted by Crippen LogP contribution is 2.43. The van der Waals surface area contributed by atoms with E-state index >= 15 is 0 Å². The summed E-state index contributed by atoms with van der Waals surface area (Å²) in [4.78, 5) is 14.7. The van der Waals surface area contributed by atoms with Gasteiger partial charge in [0.25, 0.3) is 5.69 Å². The van der Waals surface area contributed by atoms with Gasteiger partial charge in [0, 0.05) is 6.07 Å². The molecule has 21 heavy (non-hydrogen) atoms. The van der Waals surface area contributed by atoms with Crippen LogP contribution in [0, 0.1) is 10.1 Å². The number of halogens is 1. The number of anilines is 1. The summed E-state index contributed by atoms with van der Waals surface area (Å²) >= 11 is 3.35. The van der Waals surface area contributed by atoms with Crippen LogP contribution in [0.5, 0.6) is 11.5 Å². The van der Waals surface area contributed by atoms with Crippen molar-refractivity contribution in [2.75, 3.05) is 20.0 Å². The molecule has 1 aromatic carbocycles. The van der Waals surface area contributed by atoms with Crippen LogP contribution in [0.1, 0.15) is 0 Å². The van der Waals surface area contributed by atoms with E-state index in [-0.39, 0.29) is 17.2 Å². The Morgan fingerprint density at radius 2 is 1.95 bits per heavy atom. The second-order valence-electron chi connectivity index (χ2n) is 4.02. The van der Waals surface area contributed by atoms with E-state index in [4.69, 9.17) is 15.2 Å². The molecule has 0 aliphatic heterocycles. The molecule has 1 heterocycles. The summed E-state index contributed by atoms with van der Waals surface area (Å²) in [7, 11) is 2.97. The molecule has 0 unspecified atom stereocenters. The Bertz CT molecular complexity index is 706. The number of hydrogen-bond donors (Lipinski definition) is 1. The molecule has 0 saturated heterocycles. The Morgan fingerprint density at radius 1 is 1.24 bits per heavy atom. The lowest BCUT2D eigenvalue weighted by molar-refractivity contribution is -0.384. The van der Waals surface area contributed by atoms with Crippen LogP contribution in [0.2, 0.25) is 0 Å². The molecule has 2 aromatic rings. The SMILES string of the molecule is COc1ccc(-c2nc(N)ccc2[N+](=O)[O-])c(OC)c1Br. The third-order valence-corrected chi connectivity index (χ3v) is 3.58. The van der Waals surface area contributed by atoms with E-state index in [0.717, 1.165) is 0 Å². The van der Waals surface area contributed by atoms with Crippen LogP contribution in [0.4, 0.5) is 11.5 Å². The van der Waals surface area contributed by atoms with Gasteiger partial charge in [-0.1, -0.05) is 0 Å². The highest BCUT2D eigenvalue weighted by atomic mass is 79.9. The van der Waals surface area contributed by atoms with Crippen molar-refractivity contribution >= 4 is 27.4 Å². The van der Waals surface area contributed by atoms with Gasteiger partial charge in [0.2, 0.25) is 0 Å². The third kappa shape index (κ3) is 2.75. The quantitative estimate of drug-likeness (QED) is 0.669. The van der Waals surface area contributed by atoms with Crippen LogP contribution in [0.25, 0.3) is 11.3 Å². The van der Waals surface area contributed by atoms with Crippen molar-refractivity contribution in [1.29, 1.82) is 0 Å². The maximum Gasteiger partial charge on any atom is 0.295 e. The Kier molecular flexibility index (Phi) is 4.27. The fraction of sp³-hybridized carbons (Fsp3) is 0.154. The molecule has 0 amide bonds. The standard InChI is InChI=1S/C13H12BrN3O4/c1-20-9-5-3-7(13(21-2)11(9)14)12-8(17(18)19)4-6-10(15)16-12/h3-6H,1-2H3,(H2,15,16). The number of nitro groups is 1. The molecule has 0 atom stereocenters. The molecule has 0 aliphatic rings. The Hall–Kier alpha value is -2.35. The largest absolute Gasteiger partial charge is 0.495 e. The fourth-order valence-electron chi connectivity index (χ4n) is 1.89. The number of methoxy groups -OCH3 is 2. The molecule has 8 heteroatoms. The van der Waals surface area contributed by atoms with E-state index in [1.54, 1.807) is 12.1 Å². The molecule has 0 spiro atoms. The summed E-state index contributed by atoms with van der Waals surface area (Å²) in [6.07, 6.45) is 0. The van der Waals surface area contributed by atoms with Gasteiger partial charge in [-0.15, -0.1) is 0 Å². The predicted octanol–water partition coefficient (Wildman–Crippen LogP) is 3.02. The van der Waals surface area contributed by atoms with Crippen molar-refractivity contribution < 1.29 is 14.4 Å². The highest BCUT2D eigenvalue weighted by Gasteiger charge is 2.23. The van der Waals surface area contributed by atoms with Crippen LogP contribution < -0.4 is 15.2 Å². The van der Waals surface area contributed by atoms with Crippen LogP contribution in [0.15, 0.2) is 28.7 Å². The second kappa shape index (κ2) is 5.96. The van der Waals surface area contributed by atoms with Crippen LogP contribution in [0.3, 0.4) is 0 Å². The lowest BCUT2D eigenvalue weighted by Gasteiger charge is -2.13. The van der Waals surface area contributed by atoms with Gasteiger partial charge in [0.05, 0.1) is 24.7 Å². The summed E-state index contributed by atoms with van der Waals surface area (Å²) in [5, 5.41) is 11.2.